The normalized spacial score (nSPS) is 11.0. The number of nitrogens with one attached hydrogen (secondary N) is 1. The molecule has 1 atom stereocenters. The zero-order chi connectivity index (χ0) is 13.9. The molecular formula is C15H27Cl2N3O. The van der Waals surface area contributed by atoms with E-state index in [-0.39, 0.29) is 36.8 Å². The standard InChI is InChI=1S/C15H25N3O.2ClH/c1-2-14(13-8-11-17-12-9-13)18-15(19)7-5-3-4-6-10-16;;/h8-9,11-12,14H,2-7,10,16H2,1H3,(H,18,19);2*1H. The lowest BCUT2D eigenvalue weighted by Gasteiger charge is -2.17. The minimum atomic E-state index is 0. The molecule has 0 bridgehead atoms. The molecule has 0 aliphatic heterocycles. The van der Waals surface area contributed by atoms with E-state index in [1.54, 1.807) is 12.4 Å². The average molecular weight is 336 g/mol. The number of unbranched alkanes of at least 4 members (excludes halogenated alkanes) is 3. The average Bonchev–Trinajstić information content (AvgIpc) is 2.45. The lowest BCUT2D eigenvalue weighted by atomic mass is 10.1. The molecule has 0 aromatic carbocycles. The summed E-state index contributed by atoms with van der Waals surface area (Å²) in [7, 11) is 0. The predicted molar refractivity (Wildman–Crippen MR) is 92.0 cm³/mol. The van der Waals surface area contributed by atoms with Crippen LogP contribution in [0.4, 0.5) is 0 Å². The molecule has 6 heteroatoms. The SMILES string of the molecule is CCC(NC(=O)CCCCCCN)c1ccncc1.Cl.Cl. The number of hydrogen-bond donors (Lipinski definition) is 2. The molecule has 0 fully saturated rings. The van der Waals surface area contributed by atoms with Crippen molar-refractivity contribution in [3.05, 3.63) is 30.1 Å². The number of amides is 1. The summed E-state index contributed by atoms with van der Waals surface area (Å²) in [6.45, 7) is 2.82. The predicted octanol–water partition coefficient (Wildman–Crippen LogP) is 3.40. The second-order valence-corrected chi connectivity index (χ2v) is 4.76. The van der Waals surface area contributed by atoms with Gasteiger partial charge in [0, 0.05) is 18.8 Å². The molecule has 0 spiro atoms. The maximum absolute atomic E-state index is 11.9. The third-order valence-corrected chi connectivity index (χ3v) is 3.21. The quantitative estimate of drug-likeness (QED) is 0.679. The fourth-order valence-electron chi connectivity index (χ4n) is 2.07. The number of nitrogens with two attached hydrogens (primary N) is 1. The molecule has 0 radical (unpaired) electrons. The first kappa shape index (κ1) is 22.4. The molecule has 1 rings (SSSR count). The summed E-state index contributed by atoms with van der Waals surface area (Å²) in [5.41, 5.74) is 6.55. The van der Waals surface area contributed by atoms with Crippen molar-refractivity contribution in [2.75, 3.05) is 6.54 Å². The van der Waals surface area contributed by atoms with Crippen LogP contribution in [0, 0.1) is 0 Å². The smallest absolute Gasteiger partial charge is 0.220 e. The highest BCUT2D eigenvalue weighted by atomic mass is 35.5. The first-order valence-electron chi connectivity index (χ1n) is 7.17. The van der Waals surface area contributed by atoms with E-state index in [0.717, 1.165) is 44.2 Å². The Balaban J connectivity index is 0. The van der Waals surface area contributed by atoms with E-state index in [1.165, 1.54) is 0 Å². The lowest BCUT2D eigenvalue weighted by Crippen LogP contribution is -2.27. The van der Waals surface area contributed by atoms with Gasteiger partial charge >= 0.3 is 0 Å². The van der Waals surface area contributed by atoms with E-state index < -0.39 is 0 Å². The number of rotatable bonds is 9. The van der Waals surface area contributed by atoms with Crippen LogP contribution in [0.15, 0.2) is 24.5 Å². The van der Waals surface area contributed by atoms with Gasteiger partial charge in [-0.2, -0.15) is 0 Å². The van der Waals surface area contributed by atoms with Gasteiger partial charge in [0.1, 0.15) is 0 Å². The Morgan fingerprint density at radius 3 is 2.38 bits per heavy atom. The van der Waals surface area contributed by atoms with Crippen LogP contribution in [0.25, 0.3) is 0 Å². The molecule has 21 heavy (non-hydrogen) atoms. The number of halogens is 2. The van der Waals surface area contributed by atoms with Gasteiger partial charge in [0.25, 0.3) is 0 Å². The maximum Gasteiger partial charge on any atom is 0.220 e. The van der Waals surface area contributed by atoms with Crippen LogP contribution < -0.4 is 11.1 Å². The highest BCUT2D eigenvalue weighted by Crippen LogP contribution is 2.15. The summed E-state index contributed by atoms with van der Waals surface area (Å²) >= 11 is 0. The maximum atomic E-state index is 11.9. The van der Waals surface area contributed by atoms with Crippen LogP contribution in [-0.4, -0.2) is 17.4 Å². The van der Waals surface area contributed by atoms with Crippen molar-refractivity contribution in [3.63, 3.8) is 0 Å². The zero-order valence-electron chi connectivity index (χ0n) is 12.6. The van der Waals surface area contributed by atoms with E-state index >= 15 is 0 Å². The van der Waals surface area contributed by atoms with E-state index in [2.05, 4.69) is 17.2 Å². The van der Waals surface area contributed by atoms with Crippen LogP contribution in [0.3, 0.4) is 0 Å². The first-order chi connectivity index (χ1) is 9.27. The third kappa shape index (κ3) is 9.67. The monoisotopic (exact) mass is 335 g/mol. The topological polar surface area (TPSA) is 68.0 Å². The van der Waals surface area contributed by atoms with Crippen LogP contribution in [0.1, 0.15) is 57.1 Å². The highest BCUT2D eigenvalue weighted by Gasteiger charge is 2.11. The molecule has 122 valence electrons. The van der Waals surface area contributed by atoms with Crippen molar-refractivity contribution >= 4 is 30.7 Å². The van der Waals surface area contributed by atoms with Gasteiger partial charge in [-0.1, -0.05) is 19.8 Å². The Morgan fingerprint density at radius 2 is 1.81 bits per heavy atom. The van der Waals surface area contributed by atoms with Crippen molar-refractivity contribution < 1.29 is 4.79 Å². The molecule has 3 N–H and O–H groups in total. The Bertz CT molecular complexity index is 363. The van der Waals surface area contributed by atoms with Crippen LogP contribution >= 0.6 is 24.8 Å². The van der Waals surface area contributed by atoms with Crippen LogP contribution in [0.2, 0.25) is 0 Å². The number of aromatic nitrogens is 1. The summed E-state index contributed by atoms with van der Waals surface area (Å²) in [6, 6.07) is 4.00. The number of carbonyl (C=O) groups is 1. The van der Waals surface area contributed by atoms with Gasteiger partial charge in [0.15, 0.2) is 0 Å². The minimum absolute atomic E-state index is 0. The number of hydrogen-bond acceptors (Lipinski definition) is 3. The Kier molecular flexibility index (Phi) is 15.1. The Morgan fingerprint density at radius 1 is 1.19 bits per heavy atom. The van der Waals surface area contributed by atoms with Gasteiger partial charge in [-0.25, -0.2) is 0 Å². The molecule has 1 amide bonds. The van der Waals surface area contributed by atoms with E-state index in [9.17, 15) is 4.79 Å². The van der Waals surface area contributed by atoms with Crippen molar-refractivity contribution in [1.82, 2.24) is 10.3 Å². The van der Waals surface area contributed by atoms with Crippen molar-refractivity contribution in [3.8, 4) is 0 Å². The van der Waals surface area contributed by atoms with Crippen LogP contribution in [0.5, 0.6) is 0 Å². The molecule has 0 aliphatic rings. The van der Waals surface area contributed by atoms with Gasteiger partial charge in [-0.05, 0) is 43.5 Å². The molecule has 1 heterocycles. The fourth-order valence-corrected chi connectivity index (χ4v) is 2.07. The third-order valence-electron chi connectivity index (χ3n) is 3.21. The summed E-state index contributed by atoms with van der Waals surface area (Å²) in [5.74, 6) is 0.136. The van der Waals surface area contributed by atoms with E-state index in [0.29, 0.717) is 6.42 Å². The molecule has 1 aromatic rings. The highest BCUT2D eigenvalue weighted by molar-refractivity contribution is 5.85. The molecule has 1 aromatic heterocycles. The van der Waals surface area contributed by atoms with Gasteiger partial charge < -0.3 is 11.1 Å². The summed E-state index contributed by atoms with van der Waals surface area (Å²) in [5, 5.41) is 3.08. The summed E-state index contributed by atoms with van der Waals surface area (Å²) in [6.07, 6.45) is 9.21. The fraction of sp³-hybridized carbons (Fsp3) is 0.600. The van der Waals surface area contributed by atoms with Crippen molar-refractivity contribution in [1.29, 1.82) is 0 Å². The van der Waals surface area contributed by atoms with E-state index in [1.807, 2.05) is 12.1 Å². The molecule has 0 saturated heterocycles. The summed E-state index contributed by atoms with van der Waals surface area (Å²) < 4.78 is 0. The van der Waals surface area contributed by atoms with Gasteiger partial charge in [0.05, 0.1) is 6.04 Å². The van der Waals surface area contributed by atoms with Gasteiger partial charge in [0.2, 0.25) is 5.91 Å². The van der Waals surface area contributed by atoms with Gasteiger partial charge in [-0.3, -0.25) is 9.78 Å². The molecule has 4 nitrogen and oxygen atoms in total. The number of nitrogens with zero attached hydrogens (tertiary/aromatic N) is 1. The minimum Gasteiger partial charge on any atom is -0.349 e. The molecule has 1 unspecified atom stereocenters. The lowest BCUT2D eigenvalue weighted by molar-refractivity contribution is -0.122. The van der Waals surface area contributed by atoms with Crippen molar-refractivity contribution in [2.24, 2.45) is 5.73 Å². The van der Waals surface area contributed by atoms with Crippen molar-refractivity contribution in [2.45, 2.75) is 51.5 Å². The van der Waals surface area contributed by atoms with Crippen LogP contribution in [-0.2, 0) is 4.79 Å². The largest absolute Gasteiger partial charge is 0.349 e. The Hall–Kier alpha value is -0.840. The van der Waals surface area contributed by atoms with Gasteiger partial charge in [-0.15, -0.1) is 24.8 Å². The molecule has 0 saturated carbocycles. The van der Waals surface area contributed by atoms with E-state index in [4.69, 9.17) is 5.73 Å². The molecule has 0 aliphatic carbocycles. The number of carbonyl (C=O) groups excluding carboxylic acids is 1. The second-order valence-electron chi connectivity index (χ2n) is 4.76. The Labute approximate surface area is 140 Å². The first-order valence-corrected chi connectivity index (χ1v) is 7.17. The molecular weight excluding hydrogens is 309 g/mol. The summed E-state index contributed by atoms with van der Waals surface area (Å²) in [4.78, 5) is 15.9. The number of pyridine rings is 1. The second kappa shape index (κ2) is 14.1. The zero-order valence-corrected chi connectivity index (χ0v) is 14.2.